The molecule has 5 rings (SSSR count). The van der Waals surface area contributed by atoms with Crippen LogP contribution in [0.5, 0.6) is 17.2 Å². The number of phenolic OH excluding ortho intramolecular Hbond substituents is 1. The van der Waals surface area contributed by atoms with Crippen molar-refractivity contribution < 1.29 is 19.4 Å². The molecule has 1 aromatic heterocycles. The number of amides is 1. The number of nitrogens with zero attached hydrogens (tertiary/aromatic N) is 2. The summed E-state index contributed by atoms with van der Waals surface area (Å²) >= 11 is 4.68. The number of carbonyl (C=O) groups excluding carboxylic acids is 1. The molecule has 212 valence electrons. The van der Waals surface area contributed by atoms with Crippen LogP contribution in [0.2, 0.25) is 0 Å². The van der Waals surface area contributed by atoms with Gasteiger partial charge in [0.2, 0.25) is 0 Å². The minimum absolute atomic E-state index is 0.0434. The lowest BCUT2D eigenvalue weighted by Crippen LogP contribution is -2.40. The van der Waals surface area contributed by atoms with Crippen molar-refractivity contribution in [1.82, 2.24) is 4.57 Å². The van der Waals surface area contributed by atoms with Gasteiger partial charge in [0.1, 0.15) is 12.4 Å². The number of halogens is 1. The second-order valence-corrected chi connectivity index (χ2v) is 11.2. The molecule has 2 heterocycles. The molecule has 0 saturated carbocycles. The highest BCUT2D eigenvalue weighted by Crippen LogP contribution is 2.36. The van der Waals surface area contributed by atoms with Crippen LogP contribution in [-0.4, -0.2) is 28.8 Å². The topological polar surface area (TPSA) is 102 Å². The number of hydrogen-bond donors (Lipinski definition) is 2. The third-order valence-electron chi connectivity index (χ3n) is 6.47. The number of fused-ring (bicyclic) bond motifs is 1. The summed E-state index contributed by atoms with van der Waals surface area (Å²) in [5.41, 5.74) is 2.27. The molecule has 0 spiro atoms. The van der Waals surface area contributed by atoms with Crippen LogP contribution in [0.1, 0.15) is 31.0 Å². The van der Waals surface area contributed by atoms with E-state index >= 15 is 0 Å². The van der Waals surface area contributed by atoms with Crippen molar-refractivity contribution in [1.29, 1.82) is 0 Å². The Morgan fingerprint density at radius 3 is 2.69 bits per heavy atom. The fourth-order valence-electron chi connectivity index (χ4n) is 4.64. The average Bonchev–Trinajstić information content (AvgIpc) is 3.27. The van der Waals surface area contributed by atoms with Crippen LogP contribution in [0.25, 0.3) is 6.08 Å². The van der Waals surface area contributed by atoms with Crippen molar-refractivity contribution in [3.8, 4) is 29.6 Å². The zero-order chi connectivity index (χ0) is 29.8. The van der Waals surface area contributed by atoms with Crippen LogP contribution >= 0.6 is 27.3 Å². The number of aromatic nitrogens is 1. The summed E-state index contributed by atoms with van der Waals surface area (Å²) < 4.78 is 14.0. The summed E-state index contributed by atoms with van der Waals surface area (Å²) in [7, 11) is 0. The maximum absolute atomic E-state index is 14.1. The Labute approximate surface area is 254 Å². The second-order valence-electron chi connectivity index (χ2n) is 9.24. The first kappa shape index (κ1) is 28.9. The van der Waals surface area contributed by atoms with Crippen LogP contribution in [0.15, 0.2) is 92.3 Å². The zero-order valence-corrected chi connectivity index (χ0v) is 25.2. The number of ether oxygens (including phenoxy) is 2. The van der Waals surface area contributed by atoms with Gasteiger partial charge in [-0.2, -0.15) is 0 Å². The van der Waals surface area contributed by atoms with E-state index in [-0.39, 0.29) is 23.7 Å². The van der Waals surface area contributed by atoms with Gasteiger partial charge in [-0.05, 0) is 68.0 Å². The van der Waals surface area contributed by atoms with Gasteiger partial charge >= 0.3 is 0 Å². The van der Waals surface area contributed by atoms with Gasteiger partial charge in [0.25, 0.3) is 11.5 Å². The molecule has 1 aliphatic rings. The first-order valence-electron chi connectivity index (χ1n) is 13.0. The fraction of sp³-hybridized carbons (Fsp3) is 0.156. The van der Waals surface area contributed by atoms with Crippen molar-refractivity contribution in [3.05, 3.63) is 113 Å². The van der Waals surface area contributed by atoms with E-state index in [2.05, 4.69) is 32.2 Å². The Hall–Kier alpha value is -4.59. The Kier molecular flexibility index (Phi) is 8.61. The number of phenols is 1. The number of aromatic hydroxyl groups is 1. The summed E-state index contributed by atoms with van der Waals surface area (Å²) in [5.74, 6) is 2.79. The van der Waals surface area contributed by atoms with Gasteiger partial charge in [0.05, 0.1) is 28.5 Å². The number of allylic oxidation sites excluding steroid dienone is 1. The molecule has 10 heteroatoms. The third-order valence-corrected chi connectivity index (χ3v) is 7.94. The molecule has 0 aliphatic carbocycles. The predicted molar refractivity (Wildman–Crippen MR) is 167 cm³/mol. The molecule has 1 aliphatic heterocycles. The fourth-order valence-corrected chi connectivity index (χ4v) is 6.06. The van der Waals surface area contributed by atoms with E-state index < -0.39 is 11.9 Å². The summed E-state index contributed by atoms with van der Waals surface area (Å²) in [5, 5.41) is 13.3. The van der Waals surface area contributed by atoms with Crippen molar-refractivity contribution in [2.75, 3.05) is 18.5 Å². The first-order chi connectivity index (χ1) is 20.3. The summed E-state index contributed by atoms with van der Waals surface area (Å²) in [6.07, 6.45) is 7.11. The number of para-hydroxylation sites is 1. The maximum Gasteiger partial charge on any atom is 0.271 e. The molecule has 1 amide bonds. The minimum atomic E-state index is -0.841. The number of rotatable bonds is 8. The highest BCUT2D eigenvalue weighted by Gasteiger charge is 2.33. The largest absolute Gasteiger partial charge is 0.504 e. The van der Waals surface area contributed by atoms with Crippen LogP contribution < -0.4 is 29.7 Å². The number of benzene rings is 3. The number of terminal acetylenes is 1. The number of anilines is 1. The third kappa shape index (κ3) is 5.88. The van der Waals surface area contributed by atoms with Gasteiger partial charge < -0.3 is 19.9 Å². The molecule has 3 aromatic carbocycles. The Balaban J connectivity index is 1.70. The lowest BCUT2D eigenvalue weighted by Gasteiger charge is -2.26. The molecule has 0 unspecified atom stereocenters. The van der Waals surface area contributed by atoms with Crippen LogP contribution in [-0.2, 0) is 4.79 Å². The van der Waals surface area contributed by atoms with Gasteiger partial charge in [-0.1, -0.05) is 57.5 Å². The molecule has 0 saturated heterocycles. The Bertz CT molecular complexity index is 1920. The van der Waals surface area contributed by atoms with Crippen molar-refractivity contribution >= 4 is 44.9 Å². The molecule has 0 bridgehead atoms. The zero-order valence-electron chi connectivity index (χ0n) is 22.8. The van der Waals surface area contributed by atoms with Crippen LogP contribution in [0.3, 0.4) is 0 Å². The van der Waals surface area contributed by atoms with Gasteiger partial charge in [-0.25, -0.2) is 4.99 Å². The van der Waals surface area contributed by atoms with Gasteiger partial charge in [0.15, 0.2) is 16.3 Å². The van der Waals surface area contributed by atoms with E-state index in [1.165, 1.54) is 22.0 Å². The SMILES string of the molecule is C#CCOc1ccc(Br)cc1/C=c1\sc2n(c1=O)[C@H](c1ccc(O)c(OCC)c1)C(C(=O)Nc1ccccc1)=C(C)N=2. The standard InChI is InChI=1S/C32H26BrN3O5S/c1-4-15-41-25-14-12-22(33)16-21(25)18-27-31(39)36-29(20-11-13-24(37)26(17-20)40-5-2)28(19(3)34-32(36)42-27)30(38)35-23-9-7-6-8-10-23/h1,6-14,16-18,29,37H,5,15H2,2-3H3,(H,35,38)/b27-18-/t29-/m1/s1. The van der Waals surface area contributed by atoms with Crippen molar-refractivity contribution in [3.63, 3.8) is 0 Å². The highest BCUT2D eigenvalue weighted by molar-refractivity contribution is 9.10. The van der Waals surface area contributed by atoms with Gasteiger partial charge in [-0.15, -0.1) is 6.42 Å². The molecule has 0 radical (unpaired) electrons. The minimum Gasteiger partial charge on any atom is -0.504 e. The Morgan fingerprint density at radius 1 is 1.17 bits per heavy atom. The molecule has 42 heavy (non-hydrogen) atoms. The summed E-state index contributed by atoms with van der Waals surface area (Å²) in [6, 6.07) is 18.5. The first-order valence-corrected chi connectivity index (χ1v) is 14.6. The van der Waals surface area contributed by atoms with E-state index in [4.69, 9.17) is 15.9 Å². The average molecular weight is 645 g/mol. The monoisotopic (exact) mass is 643 g/mol. The smallest absolute Gasteiger partial charge is 0.271 e. The van der Waals surface area contributed by atoms with Crippen molar-refractivity contribution in [2.45, 2.75) is 19.9 Å². The van der Waals surface area contributed by atoms with E-state index in [0.29, 0.717) is 49.8 Å². The normalized spacial score (nSPS) is 14.5. The van der Waals surface area contributed by atoms with Gasteiger partial charge in [-0.3, -0.25) is 14.2 Å². The molecule has 8 nitrogen and oxygen atoms in total. The Morgan fingerprint density at radius 2 is 1.95 bits per heavy atom. The van der Waals surface area contributed by atoms with E-state index in [0.717, 1.165) is 4.47 Å². The van der Waals surface area contributed by atoms with Crippen LogP contribution in [0, 0.1) is 12.3 Å². The van der Waals surface area contributed by atoms with Crippen molar-refractivity contribution in [2.24, 2.45) is 4.99 Å². The quantitative estimate of drug-likeness (QED) is 0.270. The summed E-state index contributed by atoms with van der Waals surface area (Å²) in [4.78, 5) is 33.0. The predicted octanol–water partition coefficient (Wildman–Crippen LogP) is 4.75. The van der Waals surface area contributed by atoms with E-state index in [9.17, 15) is 14.7 Å². The molecule has 2 N–H and O–H groups in total. The number of nitrogens with one attached hydrogen (secondary N) is 1. The maximum atomic E-state index is 14.1. The van der Waals surface area contributed by atoms with Crippen LogP contribution in [0.4, 0.5) is 5.69 Å². The molecular formula is C32H26BrN3O5S. The lowest BCUT2D eigenvalue weighted by atomic mass is 9.94. The molecular weight excluding hydrogens is 618 g/mol. The lowest BCUT2D eigenvalue weighted by molar-refractivity contribution is -0.113. The number of carbonyl (C=O) groups is 1. The second kappa shape index (κ2) is 12.5. The summed E-state index contributed by atoms with van der Waals surface area (Å²) in [6.45, 7) is 3.95. The molecule has 1 atom stereocenters. The van der Waals surface area contributed by atoms with E-state index in [1.807, 2.05) is 37.3 Å². The van der Waals surface area contributed by atoms with Gasteiger partial charge in [0, 0.05) is 15.7 Å². The number of thiazole rings is 1. The highest BCUT2D eigenvalue weighted by atomic mass is 79.9. The molecule has 0 fully saturated rings. The molecule has 4 aromatic rings. The van der Waals surface area contributed by atoms with E-state index in [1.54, 1.807) is 43.3 Å². The number of hydrogen-bond acceptors (Lipinski definition) is 7.